The van der Waals surface area contributed by atoms with Gasteiger partial charge in [-0.25, -0.2) is 0 Å². The first-order valence-corrected chi connectivity index (χ1v) is 3.37. The highest BCUT2D eigenvalue weighted by Gasteiger charge is 2.05. The molecule has 0 aliphatic rings. The molecule has 0 aliphatic heterocycles. The molecule has 63 valence electrons. The molecule has 1 radical (unpaired) electrons. The lowest BCUT2D eigenvalue weighted by atomic mass is 10.1. The van der Waals surface area contributed by atoms with Crippen molar-refractivity contribution in [1.82, 2.24) is 0 Å². The predicted octanol–water partition coefficient (Wildman–Crippen LogP) is 1.46. The summed E-state index contributed by atoms with van der Waals surface area (Å²) in [6.45, 7) is 3.37. The molecule has 0 fully saturated rings. The van der Waals surface area contributed by atoms with Crippen LogP contribution in [0.4, 0.5) is 5.69 Å². The smallest absolute Gasteiger partial charge is 0.269 e. The summed E-state index contributed by atoms with van der Waals surface area (Å²) in [5.41, 5.74) is 0.583. The summed E-state index contributed by atoms with van der Waals surface area (Å²) in [6.07, 6.45) is -0.828. The van der Waals surface area contributed by atoms with Crippen LogP contribution in [-0.2, 0) is 0 Å². The number of aliphatic hydroxyl groups is 1. The van der Waals surface area contributed by atoms with Gasteiger partial charge in [-0.2, -0.15) is 0 Å². The Morgan fingerprint density at radius 2 is 1.92 bits per heavy atom. The van der Waals surface area contributed by atoms with E-state index in [1.807, 2.05) is 0 Å². The molecule has 12 heavy (non-hydrogen) atoms. The maximum Gasteiger partial charge on any atom is 0.269 e. The second-order valence-corrected chi connectivity index (χ2v) is 2.36. The minimum atomic E-state index is -0.828. The Kier molecular flexibility index (Phi) is 2.40. The van der Waals surface area contributed by atoms with E-state index in [1.54, 1.807) is 0 Å². The minimum absolute atomic E-state index is 0.0133. The van der Waals surface area contributed by atoms with E-state index in [2.05, 4.69) is 6.92 Å². The van der Waals surface area contributed by atoms with Crippen LogP contribution in [0.25, 0.3) is 0 Å². The van der Waals surface area contributed by atoms with E-state index in [0.717, 1.165) is 0 Å². The van der Waals surface area contributed by atoms with E-state index in [4.69, 9.17) is 5.11 Å². The first-order valence-electron chi connectivity index (χ1n) is 3.37. The van der Waals surface area contributed by atoms with Crippen LogP contribution >= 0.6 is 0 Å². The number of hydrogen-bond acceptors (Lipinski definition) is 3. The summed E-state index contributed by atoms with van der Waals surface area (Å²) >= 11 is 0. The van der Waals surface area contributed by atoms with E-state index >= 15 is 0 Å². The summed E-state index contributed by atoms with van der Waals surface area (Å²) in [5.74, 6) is 0. The summed E-state index contributed by atoms with van der Waals surface area (Å²) in [4.78, 5) is 9.72. The van der Waals surface area contributed by atoms with E-state index in [-0.39, 0.29) is 5.69 Å². The molecule has 1 N–H and O–H groups in total. The second kappa shape index (κ2) is 3.32. The van der Waals surface area contributed by atoms with Gasteiger partial charge in [-0.1, -0.05) is 0 Å². The molecular formula is C8H8NO3. The molecule has 0 aliphatic carbocycles. The topological polar surface area (TPSA) is 63.4 Å². The van der Waals surface area contributed by atoms with E-state index in [1.165, 1.54) is 24.3 Å². The second-order valence-electron chi connectivity index (χ2n) is 2.36. The van der Waals surface area contributed by atoms with E-state index in [0.29, 0.717) is 5.56 Å². The van der Waals surface area contributed by atoms with Crippen molar-refractivity contribution in [2.24, 2.45) is 0 Å². The average Bonchev–Trinajstić information content (AvgIpc) is 2.04. The molecule has 4 heteroatoms. The predicted molar refractivity (Wildman–Crippen MR) is 43.4 cm³/mol. The number of aliphatic hydroxyl groups excluding tert-OH is 1. The van der Waals surface area contributed by atoms with Gasteiger partial charge in [0.2, 0.25) is 0 Å². The van der Waals surface area contributed by atoms with Crippen LogP contribution in [0.1, 0.15) is 11.7 Å². The Labute approximate surface area is 69.6 Å². The first kappa shape index (κ1) is 8.67. The van der Waals surface area contributed by atoms with Gasteiger partial charge >= 0.3 is 0 Å². The largest absolute Gasteiger partial charge is 0.388 e. The van der Waals surface area contributed by atoms with Crippen molar-refractivity contribution < 1.29 is 10.0 Å². The van der Waals surface area contributed by atoms with E-state index < -0.39 is 11.0 Å². The van der Waals surface area contributed by atoms with Gasteiger partial charge in [0.15, 0.2) is 0 Å². The molecule has 0 saturated heterocycles. The third-order valence-electron chi connectivity index (χ3n) is 1.49. The fourth-order valence-corrected chi connectivity index (χ4v) is 0.818. The highest BCUT2D eigenvalue weighted by molar-refractivity contribution is 5.33. The Bertz CT molecular complexity index is 279. The maximum absolute atomic E-state index is 10.2. The van der Waals surface area contributed by atoms with Crippen molar-refractivity contribution in [3.8, 4) is 0 Å². The molecule has 1 rings (SSSR count). The number of hydrogen-bond donors (Lipinski definition) is 1. The average molecular weight is 166 g/mol. The van der Waals surface area contributed by atoms with Crippen LogP contribution < -0.4 is 0 Å². The summed E-state index contributed by atoms with van der Waals surface area (Å²) in [7, 11) is 0. The van der Waals surface area contributed by atoms with Crippen molar-refractivity contribution >= 4 is 5.69 Å². The minimum Gasteiger partial charge on any atom is -0.388 e. The fourth-order valence-electron chi connectivity index (χ4n) is 0.818. The number of benzene rings is 1. The lowest BCUT2D eigenvalue weighted by Gasteiger charge is -2.01. The lowest BCUT2D eigenvalue weighted by molar-refractivity contribution is -0.384. The first-order chi connectivity index (χ1) is 5.61. The van der Waals surface area contributed by atoms with Crippen LogP contribution in [0.5, 0.6) is 0 Å². The quantitative estimate of drug-likeness (QED) is 0.534. The zero-order valence-electron chi connectivity index (χ0n) is 6.30. The van der Waals surface area contributed by atoms with Gasteiger partial charge in [-0.15, -0.1) is 0 Å². The van der Waals surface area contributed by atoms with Crippen molar-refractivity contribution in [2.45, 2.75) is 6.10 Å². The molecular weight excluding hydrogens is 158 g/mol. The SMILES string of the molecule is [CH2][C@H](O)c1ccc([N+](=O)[O-])cc1. The molecule has 1 aromatic carbocycles. The highest BCUT2D eigenvalue weighted by atomic mass is 16.6. The number of nitro benzene ring substituents is 1. The van der Waals surface area contributed by atoms with Crippen molar-refractivity contribution in [1.29, 1.82) is 0 Å². The van der Waals surface area contributed by atoms with Gasteiger partial charge in [0.25, 0.3) is 5.69 Å². The molecule has 0 heterocycles. The van der Waals surface area contributed by atoms with Gasteiger partial charge in [0, 0.05) is 12.1 Å². The Morgan fingerprint density at radius 1 is 1.42 bits per heavy atom. The summed E-state index contributed by atoms with van der Waals surface area (Å²) in [6, 6.07) is 5.64. The lowest BCUT2D eigenvalue weighted by Crippen LogP contribution is -1.92. The molecule has 1 atom stereocenters. The van der Waals surface area contributed by atoms with Gasteiger partial charge in [0.05, 0.1) is 11.0 Å². The molecule has 4 nitrogen and oxygen atoms in total. The van der Waals surface area contributed by atoms with Crippen LogP contribution in [0.3, 0.4) is 0 Å². The van der Waals surface area contributed by atoms with Crippen LogP contribution in [0, 0.1) is 17.0 Å². The van der Waals surface area contributed by atoms with Gasteiger partial charge in [0.1, 0.15) is 0 Å². The summed E-state index contributed by atoms with van der Waals surface area (Å²) in [5, 5.41) is 19.2. The number of nitrogens with zero attached hydrogens (tertiary/aromatic N) is 1. The Balaban J connectivity index is 2.93. The van der Waals surface area contributed by atoms with Gasteiger partial charge in [-0.3, -0.25) is 10.1 Å². The Hall–Kier alpha value is -1.42. The number of non-ortho nitro benzene ring substituents is 1. The van der Waals surface area contributed by atoms with Crippen molar-refractivity contribution in [3.05, 3.63) is 46.9 Å². The maximum atomic E-state index is 10.2. The molecule has 0 bridgehead atoms. The number of nitro groups is 1. The normalized spacial score (nSPS) is 12.5. The molecule has 0 amide bonds. The van der Waals surface area contributed by atoms with Gasteiger partial charge in [-0.05, 0) is 24.6 Å². The Morgan fingerprint density at radius 3 is 2.25 bits per heavy atom. The molecule has 0 unspecified atom stereocenters. The van der Waals surface area contributed by atoms with Crippen molar-refractivity contribution in [2.75, 3.05) is 0 Å². The zero-order chi connectivity index (χ0) is 9.14. The molecule has 1 aromatic rings. The fraction of sp³-hybridized carbons (Fsp3) is 0.125. The highest BCUT2D eigenvalue weighted by Crippen LogP contribution is 2.16. The molecule has 0 spiro atoms. The van der Waals surface area contributed by atoms with Crippen molar-refractivity contribution in [3.63, 3.8) is 0 Å². The number of rotatable bonds is 2. The monoisotopic (exact) mass is 166 g/mol. The van der Waals surface area contributed by atoms with Crippen LogP contribution in [-0.4, -0.2) is 10.0 Å². The molecule has 0 saturated carbocycles. The van der Waals surface area contributed by atoms with Crippen LogP contribution in [0.2, 0.25) is 0 Å². The third-order valence-corrected chi connectivity index (χ3v) is 1.49. The van der Waals surface area contributed by atoms with Crippen LogP contribution in [0.15, 0.2) is 24.3 Å². The van der Waals surface area contributed by atoms with Gasteiger partial charge < -0.3 is 5.11 Å². The zero-order valence-corrected chi connectivity index (χ0v) is 6.30. The van der Waals surface area contributed by atoms with E-state index in [9.17, 15) is 10.1 Å². The molecule has 0 aromatic heterocycles. The third kappa shape index (κ3) is 1.79. The standard InChI is InChI=1S/C8H8NO3/c1-6(10)7-2-4-8(5-3-7)9(11)12/h2-6,10H,1H2/t6-/m0/s1. The summed E-state index contributed by atoms with van der Waals surface area (Å²) < 4.78 is 0.